The van der Waals surface area contributed by atoms with Gasteiger partial charge in [-0.15, -0.1) is 0 Å². The summed E-state index contributed by atoms with van der Waals surface area (Å²) in [6.45, 7) is 6.43. The molecule has 0 heterocycles. The maximum Gasteiger partial charge on any atom is 0.306 e. The van der Waals surface area contributed by atoms with E-state index >= 15 is 0 Å². The minimum absolute atomic E-state index is 0.107. The van der Waals surface area contributed by atoms with Gasteiger partial charge in [-0.3, -0.25) is 14.4 Å². The summed E-state index contributed by atoms with van der Waals surface area (Å²) in [5.74, 6) is -0.989. The Hall–Kier alpha value is -4.45. The molecule has 0 saturated carbocycles. The van der Waals surface area contributed by atoms with Crippen LogP contribution in [0.2, 0.25) is 0 Å². The van der Waals surface area contributed by atoms with Gasteiger partial charge in [0.2, 0.25) is 0 Å². The summed E-state index contributed by atoms with van der Waals surface area (Å²) < 4.78 is 16.8. The van der Waals surface area contributed by atoms with Crippen molar-refractivity contribution in [2.75, 3.05) is 13.2 Å². The van der Waals surface area contributed by atoms with Crippen molar-refractivity contribution >= 4 is 17.9 Å². The Balaban J connectivity index is 4.44. The van der Waals surface area contributed by atoms with Gasteiger partial charge in [-0.05, 0) is 135 Å². The van der Waals surface area contributed by atoms with E-state index in [1.165, 1.54) is 83.5 Å². The van der Waals surface area contributed by atoms with Crippen LogP contribution in [-0.2, 0) is 28.6 Å². The first-order valence-electron chi connectivity index (χ1n) is 30.2. The molecule has 0 aliphatic heterocycles. The van der Waals surface area contributed by atoms with Crippen LogP contribution >= 0.6 is 0 Å². The van der Waals surface area contributed by atoms with Crippen molar-refractivity contribution in [1.29, 1.82) is 0 Å². The molecule has 6 nitrogen and oxygen atoms in total. The van der Waals surface area contributed by atoms with E-state index < -0.39 is 6.10 Å². The number of allylic oxidation sites excluding steroid dienone is 22. The summed E-state index contributed by atoms with van der Waals surface area (Å²) in [6.07, 6.45) is 86.0. The standard InChI is InChI=1S/C68H110O6/c1-4-7-10-13-16-19-22-25-27-28-29-30-31-32-33-34-35-36-37-38-39-40-41-44-46-49-52-55-58-61-67(70)73-64-65(63-72-66(69)60-57-54-51-48-45-42-24-21-18-15-12-9-6-3)74-68(71)62-59-56-53-50-47-43-26-23-20-17-14-11-8-5-2/h7,10,16,19,21,23-27,29-30,32-33,35-36,38-39,41,44,49,52,65H,4-6,8-9,11-15,17-18,20,22,28,31,34,37,40,42-43,45-48,50-51,53-64H2,1-3H3/b10-7-,19-16-,24-21-,26-23-,27-25-,30-29-,33-32-,36-35-,39-38-,44-41-,52-49-. The van der Waals surface area contributed by atoms with Crippen LogP contribution in [0.3, 0.4) is 0 Å². The van der Waals surface area contributed by atoms with Gasteiger partial charge in [0.05, 0.1) is 0 Å². The predicted octanol–water partition coefficient (Wildman–Crippen LogP) is 20.6. The van der Waals surface area contributed by atoms with Crippen LogP contribution in [0.4, 0.5) is 0 Å². The van der Waals surface area contributed by atoms with Gasteiger partial charge in [-0.25, -0.2) is 0 Å². The fraction of sp³-hybridized carbons (Fsp3) is 0.632. The Morgan fingerprint density at radius 2 is 0.541 bits per heavy atom. The third kappa shape index (κ3) is 58.4. The highest BCUT2D eigenvalue weighted by Gasteiger charge is 2.19. The van der Waals surface area contributed by atoms with Crippen molar-refractivity contribution < 1.29 is 28.6 Å². The number of hydrogen-bond acceptors (Lipinski definition) is 6. The highest BCUT2D eigenvalue weighted by Crippen LogP contribution is 2.13. The van der Waals surface area contributed by atoms with Crippen molar-refractivity contribution in [2.45, 2.75) is 264 Å². The number of hydrogen-bond donors (Lipinski definition) is 0. The number of esters is 3. The zero-order valence-electron chi connectivity index (χ0n) is 47.8. The molecule has 1 atom stereocenters. The van der Waals surface area contributed by atoms with E-state index in [4.69, 9.17) is 14.2 Å². The zero-order chi connectivity index (χ0) is 53.6. The molecule has 0 saturated heterocycles. The Morgan fingerprint density at radius 1 is 0.284 bits per heavy atom. The van der Waals surface area contributed by atoms with E-state index in [1.54, 1.807) is 0 Å². The lowest BCUT2D eigenvalue weighted by atomic mass is 10.1. The topological polar surface area (TPSA) is 78.9 Å². The molecule has 0 amide bonds. The van der Waals surface area contributed by atoms with E-state index in [9.17, 15) is 14.4 Å². The Labute approximate surface area is 455 Å². The molecule has 0 aliphatic carbocycles. The van der Waals surface area contributed by atoms with Crippen LogP contribution in [0, 0.1) is 0 Å². The van der Waals surface area contributed by atoms with Crippen molar-refractivity contribution in [3.63, 3.8) is 0 Å². The van der Waals surface area contributed by atoms with Crippen molar-refractivity contribution in [1.82, 2.24) is 0 Å². The molecule has 0 aromatic rings. The highest BCUT2D eigenvalue weighted by atomic mass is 16.6. The molecule has 0 fully saturated rings. The van der Waals surface area contributed by atoms with Crippen LogP contribution in [0.25, 0.3) is 0 Å². The zero-order valence-corrected chi connectivity index (χ0v) is 47.8. The molecule has 418 valence electrons. The highest BCUT2D eigenvalue weighted by molar-refractivity contribution is 5.71. The third-order valence-corrected chi connectivity index (χ3v) is 12.4. The lowest BCUT2D eigenvalue weighted by Crippen LogP contribution is -2.30. The van der Waals surface area contributed by atoms with E-state index in [1.807, 2.05) is 0 Å². The van der Waals surface area contributed by atoms with E-state index in [2.05, 4.69) is 154 Å². The fourth-order valence-electron chi connectivity index (χ4n) is 7.84. The molecule has 1 unspecified atom stereocenters. The predicted molar refractivity (Wildman–Crippen MR) is 320 cm³/mol. The normalized spacial score (nSPS) is 13.1. The van der Waals surface area contributed by atoms with E-state index in [0.717, 1.165) is 128 Å². The first-order chi connectivity index (χ1) is 36.5. The number of carbonyl (C=O) groups is 3. The van der Waals surface area contributed by atoms with Crippen LogP contribution in [-0.4, -0.2) is 37.2 Å². The fourth-order valence-corrected chi connectivity index (χ4v) is 7.84. The molecule has 0 aliphatic rings. The number of ether oxygens (including phenoxy) is 3. The average Bonchev–Trinajstić information content (AvgIpc) is 3.40. The van der Waals surface area contributed by atoms with Crippen molar-refractivity contribution in [2.24, 2.45) is 0 Å². The van der Waals surface area contributed by atoms with Gasteiger partial charge in [-0.2, -0.15) is 0 Å². The van der Waals surface area contributed by atoms with Gasteiger partial charge in [0.1, 0.15) is 13.2 Å². The minimum Gasteiger partial charge on any atom is -0.462 e. The van der Waals surface area contributed by atoms with E-state index in [-0.39, 0.29) is 37.5 Å². The molecule has 0 aromatic carbocycles. The Bertz CT molecular complexity index is 1600. The van der Waals surface area contributed by atoms with Crippen molar-refractivity contribution in [3.8, 4) is 0 Å². The van der Waals surface area contributed by atoms with Crippen LogP contribution < -0.4 is 0 Å². The first-order valence-corrected chi connectivity index (χ1v) is 30.2. The Morgan fingerprint density at radius 3 is 0.905 bits per heavy atom. The molecule has 0 radical (unpaired) electrons. The lowest BCUT2D eigenvalue weighted by Gasteiger charge is -2.18. The quantitative estimate of drug-likeness (QED) is 0.0261. The second-order valence-electron chi connectivity index (χ2n) is 19.5. The molecule has 0 spiro atoms. The van der Waals surface area contributed by atoms with Crippen LogP contribution in [0.1, 0.15) is 258 Å². The molecule has 0 bridgehead atoms. The molecular weight excluding hydrogens is 913 g/mol. The largest absolute Gasteiger partial charge is 0.462 e. The van der Waals surface area contributed by atoms with Crippen LogP contribution in [0.15, 0.2) is 134 Å². The molecular formula is C68H110O6. The minimum atomic E-state index is -0.813. The van der Waals surface area contributed by atoms with Crippen molar-refractivity contribution in [3.05, 3.63) is 134 Å². The maximum atomic E-state index is 12.8. The van der Waals surface area contributed by atoms with Gasteiger partial charge in [-0.1, -0.05) is 238 Å². The second-order valence-corrected chi connectivity index (χ2v) is 19.5. The van der Waals surface area contributed by atoms with Gasteiger partial charge in [0, 0.05) is 19.3 Å². The second kappa shape index (κ2) is 61.1. The number of unbranched alkanes of at least 4 members (excludes halogenated alkanes) is 20. The van der Waals surface area contributed by atoms with Gasteiger partial charge >= 0.3 is 17.9 Å². The summed E-state index contributed by atoms with van der Waals surface area (Å²) in [4.78, 5) is 38.1. The summed E-state index contributed by atoms with van der Waals surface area (Å²) in [6, 6.07) is 0. The first kappa shape index (κ1) is 69.5. The molecule has 0 aromatic heterocycles. The smallest absolute Gasteiger partial charge is 0.306 e. The molecule has 0 rings (SSSR count). The summed E-state index contributed by atoms with van der Waals surface area (Å²) in [5.41, 5.74) is 0. The molecule has 0 N–H and O–H groups in total. The lowest BCUT2D eigenvalue weighted by molar-refractivity contribution is -0.167. The third-order valence-electron chi connectivity index (χ3n) is 12.4. The summed E-state index contributed by atoms with van der Waals surface area (Å²) >= 11 is 0. The van der Waals surface area contributed by atoms with Crippen LogP contribution in [0.5, 0.6) is 0 Å². The average molecular weight is 1020 g/mol. The van der Waals surface area contributed by atoms with E-state index in [0.29, 0.717) is 19.3 Å². The Kier molecular flexibility index (Phi) is 57.4. The summed E-state index contributed by atoms with van der Waals surface area (Å²) in [7, 11) is 0. The summed E-state index contributed by atoms with van der Waals surface area (Å²) in [5, 5.41) is 0. The van der Waals surface area contributed by atoms with Gasteiger partial charge < -0.3 is 14.2 Å². The number of carbonyl (C=O) groups excluding carboxylic acids is 3. The maximum absolute atomic E-state index is 12.8. The number of rotatable bonds is 53. The SMILES string of the molecule is CC/C=C\C/C=C\C/C=C\C/C=C\C/C=C\C/C=C\C/C=C\C/C=C\C/C=C\CCCC(=O)OCC(COC(=O)CCCCCCC/C=C\CCCCCC)OC(=O)CCCCCCC/C=C\CCCCCCC. The molecule has 6 heteroatoms. The van der Waals surface area contributed by atoms with Gasteiger partial charge in [0.25, 0.3) is 0 Å². The monoisotopic (exact) mass is 1020 g/mol. The molecule has 74 heavy (non-hydrogen) atoms. The van der Waals surface area contributed by atoms with Gasteiger partial charge in [0.15, 0.2) is 6.10 Å².